The highest BCUT2D eigenvalue weighted by molar-refractivity contribution is 6.32. The lowest BCUT2D eigenvalue weighted by Crippen LogP contribution is -1.82. The third kappa shape index (κ3) is 0.667. The predicted octanol–water partition coefficient (Wildman–Crippen LogP) is 0.645. The van der Waals surface area contributed by atoms with Gasteiger partial charge in [0.25, 0.3) is 0 Å². The normalized spacial score (nSPS) is 9.29. The number of nitrogens with zero attached hydrogens (tertiary/aromatic N) is 1. The Hall–Kier alpha value is -0.700. The standard InChI is InChI=1S/C3H4ClN3/c4-2-1-6-7-3(2)5/h1H,(H3,5,6,7). The van der Waals surface area contributed by atoms with Crippen LogP contribution in [0.2, 0.25) is 5.02 Å². The molecule has 7 heavy (non-hydrogen) atoms. The van der Waals surface area contributed by atoms with Crippen molar-refractivity contribution in [3.05, 3.63) is 11.2 Å². The maximum absolute atomic E-state index is 5.41. The van der Waals surface area contributed by atoms with Crippen molar-refractivity contribution in [2.24, 2.45) is 0 Å². The minimum absolute atomic E-state index is 0.349. The predicted molar refractivity (Wildman–Crippen MR) is 28.0 cm³/mol. The average molecular weight is 118 g/mol. The summed E-state index contributed by atoms with van der Waals surface area (Å²) < 4.78 is 0. The molecule has 3 nitrogen and oxygen atoms in total. The van der Waals surface area contributed by atoms with Gasteiger partial charge in [-0.15, -0.1) is 0 Å². The zero-order valence-corrected chi connectivity index (χ0v) is 4.24. The molecule has 0 fully saturated rings. The molecule has 1 rings (SSSR count). The van der Waals surface area contributed by atoms with Crippen LogP contribution in [0.25, 0.3) is 0 Å². The van der Waals surface area contributed by atoms with Crippen LogP contribution >= 0.6 is 11.6 Å². The minimum atomic E-state index is 0.349. The highest BCUT2D eigenvalue weighted by atomic mass is 35.5. The molecule has 4 heteroatoms. The Bertz CT molecular complexity index is 142. The summed E-state index contributed by atoms with van der Waals surface area (Å²) in [5.41, 5.74) is 5.17. The van der Waals surface area contributed by atoms with Crippen molar-refractivity contribution in [3.8, 4) is 0 Å². The number of nitrogens with two attached hydrogens (primary N) is 1. The van der Waals surface area contributed by atoms with Crippen LogP contribution in [0.1, 0.15) is 0 Å². The quantitative estimate of drug-likeness (QED) is 0.524. The van der Waals surface area contributed by atoms with Gasteiger partial charge in [-0.25, -0.2) is 0 Å². The lowest BCUT2D eigenvalue weighted by Gasteiger charge is -1.75. The van der Waals surface area contributed by atoms with Crippen LogP contribution in [0.15, 0.2) is 6.20 Å². The fourth-order valence-electron chi connectivity index (χ4n) is 0.286. The first-order chi connectivity index (χ1) is 3.30. The number of nitrogens with one attached hydrogen (secondary N) is 1. The maximum atomic E-state index is 5.41. The van der Waals surface area contributed by atoms with Crippen molar-refractivity contribution in [1.82, 2.24) is 10.2 Å². The maximum Gasteiger partial charge on any atom is 0.164 e. The molecule has 0 aromatic carbocycles. The molecule has 0 radical (unpaired) electrons. The Balaban J connectivity index is 3.12. The van der Waals surface area contributed by atoms with Gasteiger partial charge in [-0.1, -0.05) is 11.6 Å². The van der Waals surface area contributed by atoms with Gasteiger partial charge in [0.1, 0.15) is 5.02 Å². The van der Waals surface area contributed by atoms with E-state index >= 15 is 0 Å². The molecule has 1 aromatic rings. The fourth-order valence-corrected chi connectivity index (χ4v) is 0.377. The number of halogens is 1. The smallest absolute Gasteiger partial charge is 0.164 e. The Morgan fingerprint density at radius 3 is 2.71 bits per heavy atom. The third-order valence-corrected chi connectivity index (χ3v) is 0.924. The largest absolute Gasteiger partial charge is 0.381 e. The average Bonchev–Trinajstić information content (AvgIpc) is 1.91. The zero-order valence-electron chi connectivity index (χ0n) is 3.48. The number of hydrogen-bond acceptors (Lipinski definition) is 2. The van der Waals surface area contributed by atoms with Crippen LogP contribution < -0.4 is 5.73 Å². The van der Waals surface area contributed by atoms with E-state index in [0.29, 0.717) is 10.8 Å². The molecule has 0 bridgehead atoms. The topological polar surface area (TPSA) is 54.7 Å². The first-order valence-electron chi connectivity index (χ1n) is 1.75. The molecule has 0 unspecified atom stereocenters. The number of H-pyrrole nitrogens is 1. The van der Waals surface area contributed by atoms with Crippen molar-refractivity contribution in [3.63, 3.8) is 0 Å². The summed E-state index contributed by atoms with van der Waals surface area (Å²) in [5, 5.41) is 6.50. The molecule has 0 aliphatic heterocycles. The number of rotatable bonds is 0. The van der Waals surface area contributed by atoms with Gasteiger partial charge < -0.3 is 5.73 Å². The molecule has 1 aromatic heterocycles. The monoisotopic (exact) mass is 117 g/mol. The van der Waals surface area contributed by atoms with Gasteiger partial charge in [-0.2, -0.15) is 5.10 Å². The second kappa shape index (κ2) is 1.42. The number of aromatic nitrogens is 2. The highest BCUT2D eigenvalue weighted by Gasteiger charge is 1.91. The Morgan fingerprint density at radius 2 is 2.57 bits per heavy atom. The Kier molecular flexibility index (Phi) is 0.906. The minimum Gasteiger partial charge on any atom is -0.381 e. The molecular weight excluding hydrogens is 114 g/mol. The number of hydrogen-bond donors (Lipinski definition) is 2. The summed E-state index contributed by atoms with van der Waals surface area (Å²) in [6.45, 7) is 0. The van der Waals surface area contributed by atoms with E-state index in [4.69, 9.17) is 17.3 Å². The van der Waals surface area contributed by atoms with E-state index in [1.54, 1.807) is 0 Å². The summed E-state index contributed by atoms with van der Waals surface area (Å²) in [4.78, 5) is 0. The second-order valence-corrected chi connectivity index (χ2v) is 1.53. The van der Waals surface area contributed by atoms with Crippen molar-refractivity contribution in [1.29, 1.82) is 0 Å². The molecule has 0 spiro atoms. The summed E-state index contributed by atoms with van der Waals surface area (Å²) in [7, 11) is 0. The van der Waals surface area contributed by atoms with Crippen LogP contribution in [0.3, 0.4) is 0 Å². The van der Waals surface area contributed by atoms with E-state index in [0.717, 1.165) is 0 Å². The zero-order chi connectivity index (χ0) is 5.28. The third-order valence-electron chi connectivity index (χ3n) is 0.621. The molecule has 1 heterocycles. The van der Waals surface area contributed by atoms with E-state index in [1.807, 2.05) is 0 Å². The van der Waals surface area contributed by atoms with E-state index in [9.17, 15) is 0 Å². The van der Waals surface area contributed by atoms with Crippen LogP contribution in [0.5, 0.6) is 0 Å². The molecule has 0 aliphatic rings. The van der Waals surface area contributed by atoms with Crippen LogP contribution in [-0.2, 0) is 0 Å². The van der Waals surface area contributed by atoms with Crippen molar-refractivity contribution >= 4 is 17.4 Å². The fraction of sp³-hybridized carbons (Fsp3) is 0. The Morgan fingerprint density at radius 1 is 1.86 bits per heavy atom. The lowest BCUT2D eigenvalue weighted by molar-refractivity contribution is 1.10. The summed E-state index contributed by atoms with van der Waals surface area (Å²) in [6, 6.07) is 0. The summed E-state index contributed by atoms with van der Waals surface area (Å²) in [6.07, 6.45) is 1.52. The van der Waals surface area contributed by atoms with Gasteiger partial charge in [0, 0.05) is 6.20 Å². The van der Waals surface area contributed by atoms with Crippen molar-refractivity contribution in [2.45, 2.75) is 0 Å². The van der Waals surface area contributed by atoms with Gasteiger partial charge in [0.15, 0.2) is 5.82 Å². The van der Waals surface area contributed by atoms with Gasteiger partial charge in [0.2, 0.25) is 0 Å². The lowest BCUT2D eigenvalue weighted by atomic mass is 10.7. The summed E-state index contributed by atoms with van der Waals surface area (Å²) >= 11 is 5.41. The first kappa shape index (κ1) is 4.46. The highest BCUT2D eigenvalue weighted by Crippen LogP contribution is 2.11. The van der Waals surface area contributed by atoms with Crippen LogP contribution in [-0.4, -0.2) is 10.2 Å². The molecule has 0 saturated heterocycles. The molecule has 0 saturated carbocycles. The molecule has 0 aliphatic carbocycles. The van der Waals surface area contributed by atoms with Crippen molar-refractivity contribution in [2.75, 3.05) is 5.73 Å². The van der Waals surface area contributed by atoms with E-state index in [2.05, 4.69) is 10.2 Å². The van der Waals surface area contributed by atoms with E-state index < -0.39 is 0 Å². The number of aromatic amines is 1. The number of anilines is 1. The van der Waals surface area contributed by atoms with Gasteiger partial charge >= 0.3 is 0 Å². The second-order valence-electron chi connectivity index (χ2n) is 1.12. The van der Waals surface area contributed by atoms with Crippen LogP contribution in [0.4, 0.5) is 5.82 Å². The molecule has 38 valence electrons. The van der Waals surface area contributed by atoms with E-state index in [1.165, 1.54) is 6.20 Å². The Labute approximate surface area is 45.5 Å². The van der Waals surface area contributed by atoms with E-state index in [-0.39, 0.29) is 0 Å². The van der Waals surface area contributed by atoms with Gasteiger partial charge in [-0.05, 0) is 0 Å². The van der Waals surface area contributed by atoms with Crippen LogP contribution in [0, 0.1) is 0 Å². The molecule has 0 atom stereocenters. The van der Waals surface area contributed by atoms with Crippen molar-refractivity contribution < 1.29 is 0 Å². The molecular formula is C3H4ClN3. The SMILES string of the molecule is Nc1n[nH]cc1Cl. The molecule has 3 N–H and O–H groups in total. The summed E-state index contributed by atoms with van der Waals surface area (Å²) in [5.74, 6) is 0.349. The van der Waals surface area contributed by atoms with Gasteiger partial charge in [-0.3, -0.25) is 5.10 Å². The van der Waals surface area contributed by atoms with Gasteiger partial charge in [0.05, 0.1) is 0 Å². The number of nitrogen functional groups attached to an aromatic ring is 1. The molecule has 0 amide bonds. The first-order valence-corrected chi connectivity index (χ1v) is 2.13.